The molecule has 8 atom stereocenters. The number of hydrogen-bond donors (Lipinski definition) is 0. The van der Waals surface area contributed by atoms with E-state index < -0.39 is 0 Å². The quantitative estimate of drug-likeness (QED) is 0.453. The maximum absolute atomic E-state index is 2.76. The first-order chi connectivity index (χ1) is 12.8. The van der Waals surface area contributed by atoms with Gasteiger partial charge in [0.1, 0.15) is 0 Å². The van der Waals surface area contributed by atoms with Crippen LogP contribution < -0.4 is 0 Å². The maximum atomic E-state index is 2.76. The van der Waals surface area contributed by atoms with E-state index in [-0.39, 0.29) is 0 Å². The van der Waals surface area contributed by atoms with Gasteiger partial charge in [-0.05, 0) is 104 Å². The lowest BCUT2D eigenvalue weighted by Gasteiger charge is -2.60. The normalized spacial score (nSPS) is 48.0. The summed E-state index contributed by atoms with van der Waals surface area (Å²) < 4.78 is 0. The summed E-state index contributed by atoms with van der Waals surface area (Å²) in [6.45, 7) is 12.8. The minimum Gasteiger partial charge on any atom is -0.0628 e. The maximum Gasteiger partial charge on any atom is -0.0264 e. The lowest BCUT2D eigenvalue weighted by atomic mass is 9.45. The lowest BCUT2D eigenvalue weighted by Crippen LogP contribution is -2.52. The van der Waals surface area contributed by atoms with E-state index in [9.17, 15) is 0 Å². The molecule has 0 bridgehead atoms. The smallest absolute Gasteiger partial charge is 0.0264 e. The molecule has 0 saturated heterocycles. The van der Waals surface area contributed by atoms with Gasteiger partial charge < -0.3 is 0 Å². The van der Waals surface area contributed by atoms with Crippen LogP contribution >= 0.6 is 0 Å². The third-order valence-corrected chi connectivity index (χ3v) is 10.7. The van der Waals surface area contributed by atoms with Crippen molar-refractivity contribution in [2.45, 2.75) is 118 Å². The molecule has 0 aromatic carbocycles. The summed E-state index contributed by atoms with van der Waals surface area (Å²) in [6, 6.07) is 0. The van der Waals surface area contributed by atoms with Crippen LogP contribution in [0.2, 0.25) is 0 Å². The van der Waals surface area contributed by atoms with Gasteiger partial charge in [0.2, 0.25) is 0 Å². The van der Waals surface area contributed by atoms with Crippen LogP contribution in [0.25, 0.3) is 0 Å². The molecule has 0 spiro atoms. The van der Waals surface area contributed by atoms with Crippen LogP contribution in [0.3, 0.4) is 0 Å². The van der Waals surface area contributed by atoms with Gasteiger partial charge in [0, 0.05) is 0 Å². The van der Waals surface area contributed by atoms with Crippen molar-refractivity contribution >= 4 is 0 Å². The molecule has 4 fully saturated rings. The van der Waals surface area contributed by atoms with Crippen LogP contribution in [0.15, 0.2) is 0 Å². The molecule has 27 heavy (non-hydrogen) atoms. The monoisotopic (exact) mass is 372 g/mol. The topological polar surface area (TPSA) is 0 Å². The Balaban J connectivity index is 1.45. The van der Waals surface area contributed by atoms with Crippen molar-refractivity contribution < 1.29 is 0 Å². The minimum atomic E-state index is 0.693. The molecular formula is C27H48. The number of fused-ring (bicyclic) bond motifs is 5. The molecule has 0 heteroatoms. The van der Waals surface area contributed by atoms with Crippen LogP contribution in [0, 0.1) is 52.3 Å². The highest BCUT2D eigenvalue weighted by molar-refractivity contribution is 5.08. The molecule has 0 unspecified atom stereocenters. The highest BCUT2D eigenvalue weighted by Gasteiger charge is 2.59. The molecule has 4 aliphatic rings. The second-order valence-electron chi connectivity index (χ2n) is 12.5. The lowest BCUT2D eigenvalue weighted by molar-refractivity contribution is -0.108. The van der Waals surface area contributed by atoms with Gasteiger partial charge in [0.25, 0.3) is 0 Å². The van der Waals surface area contributed by atoms with E-state index in [1.807, 2.05) is 0 Å². The van der Waals surface area contributed by atoms with Gasteiger partial charge in [-0.2, -0.15) is 0 Å². The van der Waals surface area contributed by atoms with E-state index in [2.05, 4.69) is 34.6 Å². The fourth-order valence-corrected chi connectivity index (χ4v) is 9.14. The second kappa shape index (κ2) is 7.68. The van der Waals surface area contributed by atoms with Gasteiger partial charge in [-0.25, -0.2) is 0 Å². The Labute approximate surface area is 170 Å². The van der Waals surface area contributed by atoms with Crippen LogP contribution in [0.4, 0.5) is 0 Å². The molecule has 4 saturated carbocycles. The predicted molar refractivity (Wildman–Crippen MR) is 118 cm³/mol. The Morgan fingerprint density at radius 2 is 1.56 bits per heavy atom. The first-order valence-electron chi connectivity index (χ1n) is 12.8. The molecule has 0 aromatic rings. The van der Waals surface area contributed by atoms with E-state index in [1.165, 1.54) is 38.5 Å². The summed E-state index contributed by atoms with van der Waals surface area (Å²) in [4.78, 5) is 0. The molecule has 4 rings (SSSR count). The van der Waals surface area contributed by atoms with E-state index in [4.69, 9.17) is 0 Å². The Bertz CT molecular complexity index is 506. The predicted octanol–water partition coefficient (Wildman–Crippen LogP) is 8.50. The van der Waals surface area contributed by atoms with Crippen molar-refractivity contribution in [3.05, 3.63) is 0 Å². The first kappa shape index (κ1) is 20.3. The van der Waals surface area contributed by atoms with Crippen LogP contribution in [0.1, 0.15) is 118 Å². The Morgan fingerprint density at radius 1 is 0.741 bits per heavy atom. The van der Waals surface area contributed by atoms with Crippen molar-refractivity contribution in [3.8, 4) is 0 Å². The molecule has 0 heterocycles. The highest BCUT2D eigenvalue weighted by atomic mass is 14.6. The zero-order valence-electron chi connectivity index (χ0n) is 19.2. The average Bonchev–Trinajstić information content (AvgIpc) is 2.98. The van der Waals surface area contributed by atoms with Gasteiger partial charge in [0.15, 0.2) is 0 Å². The molecule has 0 aliphatic heterocycles. The summed E-state index contributed by atoms with van der Waals surface area (Å²) in [5.41, 5.74) is 1.41. The van der Waals surface area contributed by atoms with Gasteiger partial charge in [0.05, 0.1) is 0 Å². The zero-order valence-corrected chi connectivity index (χ0v) is 19.2. The van der Waals surface area contributed by atoms with Crippen LogP contribution in [-0.4, -0.2) is 0 Å². The summed E-state index contributed by atoms with van der Waals surface area (Å²) in [5.74, 6) is 7.18. The minimum absolute atomic E-state index is 0.693. The van der Waals surface area contributed by atoms with E-state index in [0.717, 1.165) is 41.4 Å². The summed E-state index contributed by atoms with van der Waals surface area (Å²) >= 11 is 0. The first-order valence-corrected chi connectivity index (χ1v) is 12.8. The third kappa shape index (κ3) is 3.54. The van der Waals surface area contributed by atoms with Gasteiger partial charge in [-0.1, -0.05) is 66.7 Å². The van der Waals surface area contributed by atoms with Crippen molar-refractivity contribution in [2.75, 3.05) is 0 Å². The molecule has 0 N–H and O–H groups in total. The zero-order chi connectivity index (χ0) is 19.2. The molecule has 4 aliphatic carbocycles. The fourth-order valence-electron chi connectivity index (χ4n) is 9.14. The molecule has 156 valence electrons. The van der Waals surface area contributed by atoms with E-state index in [1.54, 1.807) is 44.9 Å². The Morgan fingerprint density at radius 3 is 2.33 bits per heavy atom. The average molecular weight is 373 g/mol. The van der Waals surface area contributed by atoms with Gasteiger partial charge in [-0.3, -0.25) is 0 Å². The fraction of sp³-hybridized carbons (Fsp3) is 1.00. The standard InChI is InChI=1S/C27H48/c1-19(2)9-8-10-20(3)21-14-18-27(5)24(21)13-12-22-23-11-6-7-16-26(23,4)17-15-25(22)27/h19-25H,6-18H2,1-5H3/t20-,21+,22+,23+,24-,25+,26+,27+/m1/s1. The molecule has 0 amide bonds. The highest BCUT2D eigenvalue weighted by Crippen LogP contribution is 2.68. The summed E-state index contributed by atoms with van der Waals surface area (Å²) in [7, 11) is 0. The van der Waals surface area contributed by atoms with Crippen LogP contribution in [0.5, 0.6) is 0 Å². The van der Waals surface area contributed by atoms with Gasteiger partial charge >= 0.3 is 0 Å². The summed E-state index contributed by atoms with van der Waals surface area (Å²) in [6.07, 6.45) is 19.9. The molecule has 0 aromatic heterocycles. The molecular weight excluding hydrogens is 324 g/mol. The van der Waals surface area contributed by atoms with Crippen molar-refractivity contribution in [1.82, 2.24) is 0 Å². The Kier molecular flexibility index (Phi) is 5.77. The second-order valence-corrected chi connectivity index (χ2v) is 12.5. The SMILES string of the molecule is CC(C)CCC[C@@H](C)[C@@H]1CC[C@@]2(C)[C@@H]1CC[C@H]1[C@@H]3CCCC[C@@]3(C)CC[C@@H]12. The number of rotatable bonds is 5. The Hall–Kier alpha value is 0. The van der Waals surface area contributed by atoms with E-state index in [0.29, 0.717) is 10.8 Å². The molecule has 0 radical (unpaired) electrons. The summed E-state index contributed by atoms with van der Waals surface area (Å²) in [5, 5.41) is 0. The van der Waals surface area contributed by atoms with Gasteiger partial charge in [-0.15, -0.1) is 0 Å². The molecule has 0 nitrogen and oxygen atoms in total. The largest absolute Gasteiger partial charge is 0.0628 e. The number of hydrogen-bond acceptors (Lipinski definition) is 0. The van der Waals surface area contributed by atoms with Crippen molar-refractivity contribution in [2.24, 2.45) is 52.3 Å². The van der Waals surface area contributed by atoms with Crippen molar-refractivity contribution in [3.63, 3.8) is 0 Å². The van der Waals surface area contributed by atoms with Crippen molar-refractivity contribution in [1.29, 1.82) is 0 Å². The van der Waals surface area contributed by atoms with Crippen LogP contribution in [-0.2, 0) is 0 Å². The van der Waals surface area contributed by atoms with E-state index >= 15 is 0 Å². The third-order valence-electron chi connectivity index (χ3n) is 10.7.